The van der Waals surface area contributed by atoms with Crippen LogP contribution in [-0.4, -0.2) is 19.9 Å². The van der Waals surface area contributed by atoms with Crippen molar-refractivity contribution in [3.8, 4) is 45.0 Å². The monoisotopic (exact) mass is 1550 g/mol. The van der Waals surface area contributed by atoms with E-state index in [1.165, 1.54) is 125 Å². The number of rotatable bonds is 7. The summed E-state index contributed by atoms with van der Waals surface area (Å²) < 4.78 is 34.4. The van der Waals surface area contributed by atoms with Crippen LogP contribution >= 0.6 is 0 Å². The lowest BCUT2D eigenvalue weighted by Gasteiger charge is -2.21. The molecule has 0 radical (unpaired) electrons. The molecule has 0 saturated heterocycles. The van der Waals surface area contributed by atoms with Gasteiger partial charge in [-0.3, -0.25) is 0 Å². The van der Waals surface area contributed by atoms with Crippen LogP contribution in [0.4, 0.5) is 0 Å². The summed E-state index contributed by atoms with van der Waals surface area (Å²) in [5.41, 5.74) is 30.2. The molecular formula is C106H100N8O4+4. The van der Waals surface area contributed by atoms with Gasteiger partial charge < -0.3 is 17.7 Å². The van der Waals surface area contributed by atoms with Gasteiger partial charge in [0.1, 0.15) is 28.2 Å². The molecule has 584 valence electrons. The third kappa shape index (κ3) is 13.7. The molecule has 2 aliphatic rings. The number of furan rings is 4. The maximum absolute atomic E-state index is 6.44. The van der Waals surface area contributed by atoms with Gasteiger partial charge in [0.2, 0.25) is 45.6 Å². The smallest absolute Gasteiger partial charge is 0.227 e. The number of fused-ring (bicyclic) bond motifs is 16. The lowest BCUT2D eigenvalue weighted by molar-refractivity contribution is -0.660. The van der Waals surface area contributed by atoms with E-state index >= 15 is 0 Å². The molecule has 20 aromatic rings. The highest BCUT2D eigenvalue weighted by Crippen LogP contribution is 2.45. The molecule has 0 bridgehead atoms. The van der Waals surface area contributed by atoms with Crippen LogP contribution in [-0.2, 0) is 33.6 Å². The summed E-state index contributed by atoms with van der Waals surface area (Å²) in [7, 11) is 8.44. The van der Waals surface area contributed by atoms with Gasteiger partial charge in [-0.2, -0.15) is 0 Å². The van der Waals surface area contributed by atoms with Gasteiger partial charge >= 0.3 is 0 Å². The highest BCUT2D eigenvalue weighted by molar-refractivity contribution is 6.15. The minimum absolute atomic E-state index is 0.0813. The van der Waals surface area contributed by atoms with Gasteiger partial charge in [0.25, 0.3) is 0 Å². The lowest BCUT2D eigenvalue weighted by Crippen LogP contribution is -2.32. The minimum Gasteiger partial charge on any atom is -0.437 e. The Bertz CT molecular complexity index is 7380. The Morgan fingerprint density at radius 3 is 0.924 bits per heavy atom. The number of aryl methyl sites for hydroxylation is 8. The van der Waals surface area contributed by atoms with Gasteiger partial charge in [0.05, 0.1) is 44.3 Å². The highest BCUT2D eigenvalue weighted by Gasteiger charge is 2.30. The Morgan fingerprint density at radius 1 is 0.314 bits per heavy atom. The number of para-hydroxylation sites is 4. The van der Waals surface area contributed by atoms with E-state index in [0.717, 1.165) is 132 Å². The van der Waals surface area contributed by atoms with Crippen LogP contribution in [0.15, 0.2) is 261 Å². The van der Waals surface area contributed by atoms with Crippen molar-refractivity contribution in [1.82, 2.24) is 19.9 Å². The van der Waals surface area contributed by atoms with Crippen molar-refractivity contribution < 1.29 is 35.9 Å². The number of hydrogen-bond donors (Lipinski definition) is 0. The fraction of sp³-hybridized carbons (Fsp3) is 0.245. The predicted molar refractivity (Wildman–Crippen MR) is 481 cm³/mol. The van der Waals surface area contributed by atoms with Crippen LogP contribution in [0.3, 0.4) is 0 Å². The molecule has 8 aromatic carbocycles. The maximum Gasteiger partial charge on any atom is 0.227 e. The molecule has 118 heavy (non-hydrogen) atoms. The Hall–Kier alpha value is -12.8. The average molecular weight is 1550 g/mol. The quantitative estimate of drug-likeness (QED) is 0.145. The second kappa shape index (κ2) is 30.4. The normalized spacial score (nSPS) is 13.7. The molecule has 0 amide bonds. The molecule has 0 atom stereocenters. The molecule has 12 heterocycles. The second-order valence-corrected chi connectivity index (χ2v) is 34.6. The number of hydrogen-bond acceptors (Lipinski definition) is 8. The van der Waals surface area contributed by atoms with Crippen LogP contribution < -0.4 is 18.3 Å². The summed E-state index contributed by atoms with van der Waals surface area (Å²) >= 11 is 0. The minimum atomic E-state index is 0.0813. The Labute approximate surface area is 687 Å². The summed E-state index contributed by atoms with van der Waals surface area (Å²) in [4.78, 5) is 19.2. The van der Waals surface area contributed by atoms with E-state index in [1.807, 2.05) is 60.7 Å². The Morgan fingerprint density at radius 2 is 0.602 bits per heavy atom. The largest absolute Gasteiger partial charge is 0.437 e. The predicted octanol–water partition coefficient (Wildman–Crippen LogP) is 25.9. The molecule has 2 saturated carbocycles. The fourth-order valence-electron chi connectivity index (χ4n) is 18.5. The van der Waals surface area contributed by atoms with E-state index < -0.39 is 0 Å². The van der Waals surface area contributed by atoms with Crippen LogP contribution in [0.5, 0.6) is 0 Å². The summed E-state index contributed by atoms with van der Waals surface area (Å²) in [6, 6.07) is 77.5. The molecule has 0 unspecified atom stereocenters. The summed E-state index contributed by atoms with van der Waals surface area (Å²) in [6.45, 7) is 19.8. The zero-order valence-corrected chi connectivity index (χ0v) is 69.9. The van der Waals surface area contributed by atoms with Crippen LogP contribution in [0.25, 0.3) is 177 Å². The van der Waals surface area contributed by atoms with Crippen molar-refractivity contribution in [3.05, 3.63) is 288 Å². The van der Waals surface area contributed by atoms with E-state index in [1.54, 1.807) is 0 Å². The summed E-state index contributed by atoms with van der Waals surface area (Å²) in [6.07, 6.45) is 20.7. The lowest BCUT2D eigenvalue weighted by atomic mass is 9.84. The van der Waals surface area contributed by atoms with Crippen molar-refractivity contribution in [2.24, 2.45) is 28.2 Å². The van der Waals surface area contributed by atoms with Crippen LogP contribution in [0.1, 0.15) is 155 Å². The highest BCUT2D eigenvalue weighted by atomic mass is 16.4. The van der Waals surface area contributed by atoms with Crippen molar-refractivity contribution in [2.75, 3.05) is 0 Å². The molecular weight excluding hydrogens is 1450 g/mol. The van der Waals surface area contributed by atoms with Crippen molar-refractivity contribution in [3.63, 3.8) is 0 Å². The molecule has 12 aromatic heterocycles. The van der Waals surface area contributed by atoms with E-state index in [2.05, 4.69) is 291 Å². The van der Waals surface area contributed by atoms with E-state index in [4.69, 9.17) is 37.6 Å². The third-order valence-corrected chi connectivity index (χ3v) is 25.3. The number of aromatic nitrogens is 8. The summed E-state index contributed by atoms with van der Waals surface area (Å²) in [5.74, 6) is 1.84. The van der Waals surface area contributed by atoms with Crippen molar-refractivity contribution >= 4 is 132 Å². The number of pyridine rings is 8. The van der Waals surface area contributed by atoms with Gasteiger partial charge in [0.15, 0.2) is 47.1 Å². The first kappa shape index (κ1) is 75.3. The first-order valence-electron chi connectivity index (χ1n) is 42.1. The van der Waals surface area contributed by atoms with E-state index in [9.17, 15) is 0 Å². The Kier molecular flexibility index (Phi) is 19.4. The maximum atomic E-state index is 6.44. The van der Waals surface area contributed by atoms with Gasteiger partial charge in [-0.15, -0.1) is 0 Å². The molecule has 2 fully saturated rings. The molecule has 22 rings (SSSR count). The van der Waals surface area contributed by atoms with Crippen molar-refractivity contribution in [2.45, 2.75) is 143 Å². The van der Waals surface area contributed by atoms with Gasteiger partial charge in [-0.05, 0) is 170 Å². The first-order chi connectivity index (χ1) is 57.2. The SMILES string of the molecule is Cc1ccc2c(oc3nc4ccccc4cc32)c1-c1cc(C(C)(C)C)cc[n+]1C.Cc1ccc2c(oc3nc4ccccc4cc32)c1-c1cc(C(C)C)cc[n+]1C.Cc1ccc2c(oc3nc4ccccc4cc32)c1-c1cc(C2CCCC2)cc[n+]1C.Cc1ccc2c(oc3nc4ccccc4cc32)c1-c1cc(C2CCCCC2)cc[n+]1C. The van der Waals surface area contributed by atoms with Gasteiger partial charge in [-0.1, -0.05) is 188 Å². The van der Waals surface area contributed by atoms with Crippen LogP contribution in [0.2, 0.25) is 0 Å². The standard InChI is InChI=1S/C28H27N2O.C27H25N2O.C26H25N2O.C25H23N2O/c1-18-12-13-22-23-16-21-10-6-7-11-24(21)29-28(23)31-27(22)26(18)25-17-20(14-15-30(25)2)19-8-4-3-5-9-19;1-17-11-12-21-22-15-20-9-5-6-10-23(20)28-27(22)30-26(21)25(17)24-16-19(13-14-29(24)2)18-7-3-4-8-18;1-16-10-11-19-20-14-17-8-6-7-9-21(17)27-25(20)29-24(19)23(16)22-15-18(26(2,3)4)12-13-28(22)5;1-15(2)17-11-12-27(4)22(14-17)23-16(3)9-10-19-20-13-18-7-5-6-8-21(18)26-25(20)28-24(19)23/h6-7,10-17,19H,3-5,8-9H2,1-2H3;5-6,9-16,18H,3-4,7-8H2,1-2H3;6-15H,1-5H3;5-15H,1-4H3/q4*+1. The Balaban J connectivity index is 0.000000105. The molecule has 12 heteroatoms. The molecule has 0 N–H and O–H groups in total. The zero-order valence-electron chi connectivity index (χ0n) is 69.9. The summed E-state index contributed by atoms with van der Waals surface area (Å²) in [5, 5.41) is 13.3. The number of benzene rings is 8. The molecule has 0 aliphatic heterocycles. The van der Waals surface area contributed by atoms with Crippen LogP contribution in [0, 0.1) is 27.7 Å². The van der Waals surface area contributed by atoms with Gasteiger partial charge in [-0.25, -0.2) is 38.2 Å². The first-order valence-corrected chi connectivity index (χ1v) is 42.1. The molecule has 0 spiro atoms. The van der Waals surface area contributed by atoms with Crippen molar-refractivity contribution in [1.29, 1.82) is 0 Å². The average Bonchev–Trinajstić information content (AvgIpc) is 1.60. The zero-order chi connectivity index (χ0) is 80.9. The molecule has 12 nitrogen and oxygen atoms in total. The number of nitrogens with zero attached hydrogens (tertiary/aromatic N) is 8. The third-order valence-electron chi connectivity index (χ3n) is 25.3. The second-order valence-electron chi connectivity index (χ2n) is 34.6. The van der Waals surface area contributed by atoms with E-state index in [-0.39, 0.29) is 5.41 Å². The fourth-order valence-corrected chi connectivity index (χ4v) is 18.5. The van der Waals surface area contributed by atoms with E-state index in [0.29, 0.717) is 40.6 Å². The molecule has 2 aliphatic carbocycles. The topological polar surface area (TPSA) is 120 Å². The van der Waals surface area contributed by atoms with Gasteiger partial charge in [0, 0.05) is 113 Å².